The predicted octanol–water partition coefficient (Wildman–Crippen LogP) is 3.33. The summed E-state index contributed by atoms with van der Waals surface area (Å²) in [4.78, 5) is 0. The molecule has 3 heteroatoms. The zero-order valence-corrected chi connectivity index (χ0v) is 10.9. The number of aromatic nitrogens is 2. The first-order valence-corrected chi connectivity index (χ1v) is 5.91. The van der Waals surface area contributed by atoms with E-state index < -0.39 is 0 Å². The molecule has 0 amide bonds. The molecule has 0 saturated heterocycles. The minimum absolute atomic E-state index is 0.379. The quantitative estimate of drug-likeness (QED) is 0.803. The van der Waals surface area contributed by atoms with Gasteiger partial charge in [0.15, 0.2) is 0 Å². The number of nitrogens with two attached hydrogens (primary N) is 1. The van der Waals surface area contributed by atoms with Crippen LogP contribution < -0.4 is 5.73 Å². The number of aryl methyl sites for hydroxylation is 2. The molecule has 0 saturated carbocycles. The fourth-order valence-electron chi connectivity index (χ4n) is 1.94. The zero-order chi connectivity index (χ0) is 12.6. The van der Waals surface area contributed by atoms with Gasteiger partial charge in [0, 0.05) is 23.5 Å². The fraction of sp³-hybridized carbons (Fsp3) is 0.357. The van der Waals surface area contributed by atoms with Gasteiger partial charge in [0.05, 0.1) is 5.69 Å². The molecule has 17 heavy (non-hydrogen) atoms. The summed E-state index contributed by atoms with van der Waals surface area (Å²) in [5.41, 5.74) is 11.3. The Balaban J connectivity index is 2.56. The van der Waals surface area contributed by atoms with Crippen LogP contribution in [0, 0.1) is 13.8 Å². The minimum Gasteiger partial charge on any atom is -0.399 e. The van der Waals surface area contributed by atoms with Gasteiger partial charge in [0.2, 0.25) is 0 Å². The third kappa shape index (κ3) is 2.18. The van der Waals surface area contributed by atoms with Crippen molar-refractivity contribution in [3.05, 3.63) is 35.7 Å². The molecule has 0 spiro atoms. The van der Waals surface area contributed by atoms with E-state index in [2.05, 4.69) is 38.1 Å². The molecule has 0 aliphatic rings. The third-order valence-corrected chi connectivity index (χ3v) is 3.00. The molecule has 1 aromatic heterocycles. The second-order valence-electron chi connectivity index (χ2n) is 4.78. The van der Waals surface area contributed by atoms with Crippen molar-refractivity contribution >= 4 is 5.69 Å². The molecule has 0 fully saturated rings. The lowest BCUT2D eigenvalue weighted by atomic mass is 10.0. The van der Waals surface area contributed by atoms with Gasteiger partial charge in [-0.3, -0.25) is 4.68 Å². The van der Waals surface area contributed by atoms with Crippen LogP contribution in [-0.2, 0) is 0 Å². The van der Waals surface area contributed by atoms with Crippen LogP contribution in [0.2, 0.25) is 0 Å². The Kier molecular flexibility index (Phi) is 2.92. The SMILES string of the molecule is Cc1ccc(N)cc1-c1cn(C(C)C)nc1C. The van der Waals surface area contributed by atoms with Crippen LogP contribution in [0.3, 0.4) is 0 Å². The lowest BCUT2D eigenvalue weighted by molar-refractivity contribution is 0.529. The maximum atomic E-state index is 5.85. The highest BCUT2D eigenvalue weighted by molar-refractivity contribution is 5.72. The van der Waals surface area contributed by atoms with Gasteiger partial charge >= 0.3 is 0 Å². The molecule has 1 heterocycles. The van der Waals surface area contributed by atoms with E-state index in [0.717, 1.165) is 11.4 Å². The van der Waals surface area contributed by atoms with Crippen molar-refractivity contribution in [3.8, 4) is 11.1 Å². The lowest BCUT2D eigenvalue weighted by Crippen LogP contribution is -2.00. The van der Waals surface area contributed by atoms with Gasteiger partial charge in [-0.2, -0.15) is 5.10 Å². The average Bonchev–Trinajstić information content (AvgIpc) is 2.64. The van der Waals surface area contributed by atoms with Gasteiger partial charge < -0.3 is 5.73 Å². The Morgan fingerprint density at radius 2 is 1.88 bits per heavy atom. The van der Waals surface area contributed by atoms with E-state index >= 15 is 0 Å². The summed E-state index contributed by atoms with van der Waals surface area (Å²) in [6, 6.07) is 6.38. The first kappa shape index (κ1) is 11.7. The smallest absolute Gasteiger partial charge is 0.0672 e. The van der Waals surface area contributed by atoms with Crippen molar-refractivity contribution in [2.24, 2.45) is 0 Å². The molecule has 0 aliphatic heterocycles. The average molecular weight is 229 g/mol. The van der Waals surface area contributed by atoms with E-state index in [1.807, 2.05) is 23.7 Å². The first-order valence-electron chi connectivity index (χ1n) is 5.91. The summed E-state index contributed by atoms with van der Waals surface area (Å²) in [6.45, 7) is 8.39. The van der Waals surface area contributed by atoms with E-state index in [4.69, 9.17) is 5.73 Å². The van der Waals surface area contributed by atoms with Crippen LogP contribution in [0.4, 0.5) is 5.69 Å². The number of nitrogen functional groups attached to an aromatic ring is 1. The molecule has 2 N–H and O–H groups in total. The van der Waals surface area contributed by atoms with Gasteiger partial charge in [-0.15, -0.1) is 0 Å². The summed E-state index contributed by atoms with van der Waals surface area (Å²) in [7, 11) is 0. The predicted molar refractivity (Wildman–Crippen MR) is 71.9 cm³/mol. The third-order valence-electron chi connectivity index (χ3n) is 3.00. The molecule has 0 unspecified atom stereocenters. The Bertz CT molecular complexity index is 538. The van der Waals surface area contributed by atoms with Crippen LogP contribution in [0.25, 0.3) is 11.1 Å². The van der Waals surface area contributed by atoms with Gasteiger partial charge in [-0.25, -0.2) is 0 Å². The van der Waals surface area contributed by atoms with Gasteiger partial charge in [-0.05, 0) is 51.0 Å². The van der Waals surface area contributed by atoms with E-state index in [0.29, 0.717) is 6.04 Å². The fourth-order valence-corrected chi connectivity index (χ4v) is 1.94. The Morgan fingerprint density at radius 1 is 1.18 bits per heavy atom. The monoisotopic (exact) mass is 229 g/mol. The molecule has 0 bridgehead atoms. The molecule has 2 rings (SSSR count). The molecular formula is C14H19N3. The molecule has 2 aromatic rings. The normalized spacial score (nSPS) is 11.1. The summed E-state index contributed by atoms with van der Waals surface area (Å²) in [6.07, 6.45) is 2.10. The second kappa shape index (κ2) is 4.24. The van der Waals surface area contributed by atoms with Crippen molar-refractivity contribution in [1.82, 2.24) is 9.78 Å². The summed E-state index contributed by atoms with van der Waals surface area (Å²) in [5, 5.41) is 4.53. The highest BCUT2D eigenvalue weighted by Crippen LogP contribution is 2.28. The van der Waals surface area contributed by atoms with Gasteiger partial charge in [-0.1, -0.05) is 6.07 Å². The zero-order valence-electron chi connectivity index (χ0n) is 10.9. The first-order chi connectivity index (χ1) is 7.99. The minimum atomic E-state index is 0.379. The Hall–Kier alpha value is -1.77. The van der Waals surface area contributed by atoms with Crippen molar-refractivity contribution in [2.75, 3.05) is 5.73 Å². The summed E-state index contributed by atoms with van der Waals surface area (Å²) < 4.78 is 1.99. The molecule has 90 valence electrons. The maximum absolute atomic E-state index is 5.85. The summed E-state index contributed by atoms with van der Waals surface area (Å²) in [5.74, 6) is 0. The van der Waals surface area contributed by atoms with Crippen molar-refractivity contribution in [3.63, 3.8) is 0 Å². The van der Waals surface area contributed by atoms with E-state index in [-0.39, 0.29) is 0 Å². The van der Waals surface area contributed by atoms with Crippen LogP contribution in [0.1, 0.15) is 31.1 Å². The lowest BCUT2D eigenvalue weighted by Gasteiger charge is -2.06. The largest absolute Gasteiger partial charge is 0.399 e. The highest BCUT2D eigenvalue weighted by Gasteiger charge is 2.11. The number of nitrogens with zero attached hydrogens (tertiary/aromatic N) is 2. The van der Waals surface area contributed by atoms with Crippen LogP contribution in [0.15, 0.2) is 24.4 Å². The van der Waals surface area contributed by atoms with Crippen LogP contribution in [0.5, 0.6) is 0 Å². The number of rotatable bonds is 2. The van der Waals surface area contributed by atoms with Gasteiger partial charge in [0.25, 0.3) is 0 Å². The number of benzene rings is 1. The van der Waals surface area contributed by atoms with E-state index in [9.17, 15) is 0 Å². The van der Waals surface area contributed by atoms with Crippen LogP contribution in [-0.4, -0.2) is 9.78 Å². The van der Waals surface area contributed by atoms with Crippen LogP contribution >= 0.6 is 0 Å². The van der Waals surface area contributed by atoms with E-state index in [1.54, 1.807) is 0 Å². The molecule has 1 aromatic carbocycles. The van der Waals surface area contributed by atoms with E-state index in [1.165, 1.54) is 16.7 Å². The molecular weight excluding hydrogens is 210 g/mol. The number of anilines is 1. The standard InChI is InChI=1S/C14H19N3/c1-9(2)17-8-14(11(4)16-17)13-7-12(15)6-5-10(13)3/h5-9H,15H2,1-4H3. The molecule has 0 aliphatic carbocycles. The Morgan fingerprint density at radius 3 is 2.47 bits per heavy atom. The molecule has 0 radical (unpaired) electrons. The maximum Gasteiger partial charge on any atom is 0.0672 e. The summed E-state index contributed by atoms with van der Waals surface area (Å²) >= 11 is 0. The van der Waals surface area contributed by atoms with Crippen molar-refractivity contribution < 1.29 is 0 Å². The molecule has 0 atom stereocenters. The second-order valence-corrected chi connectivity index (χ2v) is 4.78. The topological polar surface area (TPSA) is 43.8 Å². The van der Waals surface area contributed by atoms with Crippen molar-refractivity contribution in [2.45, 2.75) is 33.7 Å². The highest BCUT2D eigenvalue weighted by atomic mass is 15.3. The van der Waals surface area contributed by atoms with Crippen molar-refractivity contribution in [1.29, 1.82) is 0 Å². The Labute approximate surface area is 102 Å². The molecule has 3 nitrogen and oxygen atoms in total. The van der Waals surface area contributed by atoms with Gasteiger partial charge in [0.1, 0.15) is 0 Å². The number of hydrogen-bond acceptors (Lipinski definition) is 2. The number of hydrogen-bond donors (Lipinski definition) is 1.